The summed E-state index contributed by atoms with van der Waals surface area (Å²) in [5.41, 5.74) is 6.30. The van der Waals surface area contributed by atoms with Crippen molar-refractivity contribution in [3.63, 3.8) is 0 Å². The van der Waals surface area contributed by atoms with Crippen LogP contribution in [0.1, 0.15) is 7.43 Å². The smallest absolute Gasteiger partial charge is 0.119 e. The number of ether oxygens (including phenoxy) is 4. The number of methoxy groups -OCH3 is 1. The zero-order valence-corrected chi connectivity index (χ0v) is 10.8. The van der Waals surface area contributed by atoms with Crippen molar-refractivity contribution in [1.82, 2.24) is 0 Å². The van der Waals surface area contributed by atoms with Crippen molar-refractivity contribution in [2.45, 2.75) is 7.43 Å². The van der Waals surface area contributed by atoms with Crippen LogP contribution >= 0.6 is 0 Å². The second-order valence-corrected chi connectivity index (χ2v) is 3.64. The van der Waals surface area contributed by atoms with Crippen LogP contribution in [-0.4, -0.2) is 46.8 Å². The van der Waals surface area contributed by atoms with Crippen molar-refractivity contribution >= 4 is 5.69 Å². The van der Waals surface area contributed by atoms with Gasteiger partial charge in [0.05, 0.1) is 33.0 Å². The van der Waals surface area contributed by atoms with Crippen LogP contribution in [0.25, 0.3) is 0 Å². The summed E-state index contributed by atoms with van der Waals surface area (Å²) in [4.78, 5) is 0. The molecule has 0 saturated heterocycles. The Labute approximate surface area is 115 Å². The van der Waals surface area contributed by atoms with Crippen molar-refractivity contribution < 1.29 is 18.9 Å². The third-order valence-corrected chi connectivity index (χ3v) is 2.18. The van der Waals surface area contributed by atoms with Crippen LogP contribution in [0.4, 0.5) is 5.69 Å². The Kier molecular flexibility index (Phi) is 11.0. The van der Waals surface area contributed by atoms with E-state index in [4.69, 9.17) is 24.7 Å². The minimum atomic E-state index is 0. The van der Waals surface area contributed by atoms with Gasteiger partial charge in [-0.05, 0) is 24.3 Å². The molecule has 0 aliphatic rings. The molecule has 0 aromatic heterocycles. The van der Waals surface area contributed by atoms with Crippen molar-refractivity contribution in [2.24, 2.45) is 0 Å². The average molecular weight is 271 g/mol. The topological polar surface area (TPSA) is 62.9 Å². The van der Waals surface area contributed by atoms with Crippen molar-refractivity contribution in [2.75, 3.05) is 52.5 Å². The third kappa shape index (κ3) is 9.30. The molecular formula is C14H25NO4. The molecule has 0 radical (unpaired) electrons. The van der Waals surface area contributed by atoms with E-state index in [1.54, 1.807) is 19.2 Å². The quantitative estimate of drug-likeness (QED) is 0.520. The van der Waals surface area contributed by atoms with Gasteiger partial charge in [-0.25, -0.2) is 0 Å². The summed E-state index contributed by atoms with van der Waals surface area (Å²) in [6.07, 6.45) is 0. The van der Waals surface area contributed by atoms with Gasteiger partial charge < -0.3 is 24.7 Å². The lowest BCUT2D eigenvalue weighted by molar-refractivity contribution is 0.0180. The number of rotatable bonds is 10. The van der Waals surface area contributed by atoms with E-state index in [0.717, 1.165) is 11.4 Å². The zero-order valence-electron chi connectivity index (χ0n) is 10.8. The Bertz CT molecular complexity index is 303. The van der Waals surface area contributed by atoms with Crippen LogP contribution in [0.5, 0.6) is 5.75 Å². The van der Waals surface area contributed by atoms with Gasteiger partial charge in [-0.1, -0.05) is 7.43 Å². The Morgan fingerprint density at radius 1 is 0.842 bits per heavy atom. The second kappa shape index (κ2) is 11.8. The van der Waals surface area contributed by atoms with Gasteiger partial charge in [-0.2, -0.15) is 0 Å². The molecular weight excluding hydrogens is 246 g/mol. The predicted molar refractivity (Wildman–Crippen MR) is 76.6 cm³/mol. The Morgan fingerprint density at radius 2 is 1.37 bits per heavy atom. The number of benzene rings is 1. The maximum Gasteiger partial charge on any atom is 0.119 e. The SMILES string of the molecule is C.COCCOCCOCCOc1ccc(N)cc1. The molecule has 1 aromatic rings. The molecule has 19 heavy (non-hydrogen) atoms. The van der Waals surface area contributed by atoms with E-state index in [2.05, 4.69) is 0 Å². The van der Waals surface area contributed by atoms with Gasteiger partial charge >= 0.3 is 0 Å². The molecule has 0 atom stereocenters. The zero-order chi connectivity index (χ0) is 13.1. The van der Waals surface area contributed by atoms with Gasteiger partial charge in [-0.3, -0.25) is 0 Å². The summed E-state index contributed by atoms with van der Waals surface area (Å²) < 4.78 is 20.9. The number of nitrogen functional groups attached to an aromatic ring is 1. The minimum absolute atomic E-state index is 0. The van der Waals surface area contributed by atoms with Crippen LogP contribution in [0.3, 0.4) is 0 Å². The molecule has 0 unspecified atom stereocenters. The lowest BCUT2D eigenvalue weighted by Gasteiger charge is -2.07. The first-order chi connectivity index (χ1) is 8.83. The highest BCUT2D eigenvalue weighted by molar-refractivity contribution is 5.41. The number of hydrogen-bond donors (Lipinski definition) is 1. The van der Waals surface area contributed by atoms with Gasteiger partial charge in [0.2, 0.25) is 0 Å². The lowest BCUT2D eigenvalue weighted by Crippen LogP contribution is -2.12. The molecule has 0 aliphatic heterocycles. The van der Waals surface area contributed by atoms with Gasteiger partial charge in [0, 0.05) is 12.8 Å². The Hall–Kier alpha value is -1.30. The van der Waals surface area contributed by atoms with Gasteiger partial charge in [0.15, 0.2) is 0 Å². The highest BCUT2D eigenvalue weighted by atomic mass is 16.6. The number of anilines is 1. The van der Waals surface area contributed by atoms with E-state index in [-0.39, 0.29) is 7.43 Å². The highest BCUT2D eigenvalue weighted by Gasteiger charge is 1.94. The van der Waals surface area contributed by atoms with E-state index >= 15 is 0 Å². The van der Waals surface area contributed by atoms with E-state index in [9.17, 15) is 0 Å². The summed E-state index contributed by atoms with van der Waals surface area (Å²) in [5, 5.41) is 0. The molecule has 0 fully saturated rings. The summed E-state index contributed by atoms with van der Waals surface area (Å²) in [5.74, 6) is 0.796. The van der Waals surface area contributed by atoms with Crippen molar-refractivity contribution in [1.29, 1.82) is 0 Å². The van der Waals surface area contributed by atoms with E-state index in [0.29, 0.717) is 39.6 Å². The summed E-state index contributed by atoms with van der Waals surface area (Å²) in [7, 11) is 1.65. The molecule has 0 heterocycles. The number of nitrogens with two attached hydrogens (primary N) is 1. The molecule has 110 valence electrons. The van der Waals surface area contributed by atoms with E-state index in [1.807, 2.05) is 12.1 Å². The fourth-order valence-corrected chi connectivity index (χ4v) is 1.25. The third-order valence-electron chi connectivity index (χ3n) is 2.18. The molecule has 0 bridgehead atoms. The van der Waals surface area contributed by atoms with Crippen LogP contribution in [0.2, 0.25) is 0 Å². The standard InChI is InChI=1S/C13H21NO4.CH4/c1-15-6-7-16-8-9-17-10-11-18-13-4-2-12(14)3-5-13;/h2-5H,6-11,14H2,1H3;1H4. The first kappa shape index (κ1) is 17.7. The fourth-order valence-electron chi connectivity index (χ4n) is 1.25. The first-order valence-electron chi connectivity index (χ1n) is 5.95. The van der Waals surface area contributed by atoms with Gasteiger partial charge in [-0.15, -0.1) is 0 Å². The Morgan fingerprint density at radius 3 is 1.95 bits per heavy atom. The molecule has 0 spiro atoms. The van der Waals surface area contributed by atoms with Crippen molar-refractivity contribution in [3.05, 3.63) is 24.3 Å². The molecule has 0 aliphatic carbocycles. The second-order valence-electron chi connectivity index (χ2n) is 3.64. The molecule has 2 N–H and O–H groups in total. The van der Waals surface area contributed by atoms with Crippen LogP contribution in [-0.2, 0) is 14.2 Å². The molecule has 5 nitrogen and oxygen atoms in total. The van der Waals surface area contributed by atoms with E-state index < -0.39 is 0 Å². The van der Waals surface area contributed by atoms with E-state index in [1.165, 1.54) is 0 Å². The molecule has 1 aromatic carbocycles. The Balaban J connectivity index is 0.00000324. The van der Waals surface area contributed by atoms with Crippen molar-refractivity contribution in [3.8, 4) is 5.75 Å². The largest absolute Gasteiger partial charge is 0.491 e. The van der Waals surface area contributed by atoms with Crippen LogP contribution < -0.4 is 10.5 Å². The first-order valence-corrected chi connectivity index (χ1v) is 5.95. The molecule has 0 saturated carbocycles. The molecule has 5 heteroatoms. The summed E-state index contributed by atoms with van der Waals surface area (Å²) in [6, 6.07) is 7.28. The summed E-state index contributed by atoms with van der Waals surface area (Å²) in [6.45, 7) is 3.40. The predicted octanol–water partition coefficient (Wildman–Crippen LogP) is 1.96. The average Bonchev–Trinajstić information content (AvgIpc) is 2.39. The fraction of sp³-hybridized carbons (Fsp3) is 0.571. The normalized spacial score (nSPS) is 9.95. The highest BCUT2D eigenvalue weighted by Crippen LogP contribution is 2.12. The molecule has 1 rings (SSSR count). The maximum atomic E-state index is 5.57. The summed E-state index contributed by atoms with van der Waals surface area (Å²) >= 11 is 0. The molecule has 0 amide bonds. The van der Waals surface area contributed by atoms with Crippen LogP contribution in [0, 0.1) is 0 Å². The van der Waals surface area contributed by atoms with Gasteiger partial charge in [0.25, 0.3) is 0 Å². The number of hydrogen-bond acceptors (Lipinski definition) is 5. The van der Waals surface area contributed by atoms with Crippen LogP contribution in [0.15, 0.2) is 24.3 Å². The maximum absolute atomic E-state index is 5.57. The lowest BCUT2D eigenvalue weighted by atomic mass is 10.3. The van der Waals surface area contributed by atoms with Gasteiger partial charge in [0.1, 0.15) is 12.4 Å². The minimum Gasteiger partial charge on any atom is -0.491 e. The monoisotopic (exact) mass is 271 g/mol.